The number of ether oxygens (including phenoxy) is 3. The fraction of sp³-hybridized carbons (Fsp3) is 0.720. The molecule has 6 rings (SSSR count). The Morgan fingerprint density at radius 3 is 2.80 bits per heavy atom. The van der Waals surface area contributed by atoms with Crippen molar-refractivity contribution in [2.75, 3.05) is 26.8 Å². The number of nitrogens with zero attached hydrogens (tertiary/aromatic N) is 1. The molecule has 2 heterocycles. The van der Waals surface area contributed by atoms with E-state index in [0.29, 0.717) is 19.1 Å². The first kappa shape index (κ1) is 19.1. The number of carbonyl (C=O) groups excluding carboxylic acids is 1. The molecule has 0 N–H and O–H groups in total. The van der Waals surface area contributed by atoms with Crippen LogP contribution in [-0.2, 0) is 21.4 Å². The van der Waals surface area contributed by atoms with Gasteiger partial charge in [-0.25, -0.2) is 0 Å². The van der Waals surface area contributed by atoms with Gasteiger partial charge in [0.2, 0.25) is 0 Å². The van der Waals surface area contributed by atoms with Crippen molar-refractivity contribution >= 4 is 5.78 Å². The molecule has 5 heteroatoms. The minimum absolute atomic E-state index is 0.218. The molecule has 5 nitrogen and oxygen atoms in total. The van der Waals surface area contributed by atoms with Crippen molar-refractivity contribution in [3.63, 3.8) is 0 Å². The Bertz CT molecular complexity index is 911. The summed E-state index contributed by atoms with van der Waals surface area (Å²) in [6.45, 7) is 6.98. The van der Waals surface area contributed by atoms with Gasteiger partial charge in [0.25, 0.3) is 0 Å². The van der Waals surface area contributed by atoms with Gasteiger partial charge in [0.05, 0.1) is 18.1 Å². The second-order valence-corrected chi connectivity index (χ2v) is 10.2. The maximum absolute atomic E-state index is 13.5. The van der Waals surface area contributed by atoms with E-state index >= 15 is 0 Å². The van der Waals surface area contributed by atoms with E-state index in [1.165, 1.54) is 36.9 Å². The van der Waals surface area contributed by atoms with Crippen LogP contribution in [-0.4, -0.2) is 54.7 Å². The summed E-state index contributed by atoms with van der Waals surface area (Å²) in [7, 11) is 1.69. The average molecular weight is 412 g/mol. The highest BCUT2D eigenvalue weighted by Crippen LogP contribution is 2.69. The minimum Gasteiger partial charge on any atom is -0.493 e. The summed E-state index contributed by atoms with van der Waals surface area (Å²) in [4.78, 5) is 16.2. The van der Waals surface area contributed by atoms with Crippen LogP contribution in [0.15, 0.2) is 12.1 Å². The zero-order valence-electron chi connectivity index (χ0n) is 18.5. The molecule has 1 spiro atoms. The SMILES string of the molecule is CCO[C@@]12CCC(=O)[C@]3(C)Oc4c(OC)ccc5c4[C@@]31CCN(CC1CCC1)[C@@H]2C5. The fourth-order valence-corrected chi connectivity index (χ4v) is 7.76. The predicted molar refractivity (Wildman–Crippen MR) is 113 cm³/mol. The largest absolute Gasteiger partial charge is 0.493 e. The van der Waals surface area contributed by atoms with E-state index in [2.05, 4.69) is 17.9 Å². The first-order chi connectivity index (χ1) is 14.5. The van der Waals surface area contributed by atoms with E-state index < -0.39 is 11.0 Å². The molecular weight excluding hydrogens is 378 g/mol. The van der Waals surface area contributed by atoms with E-state index in [1.54, 1.807) is 7.11 Å². The first-order valence-corrected chi connectivity index (χ1v) is 11.8. The van der Waals surface area contributed by atoms with Gasteiger partial charge in [-0.05, 0) is 70.0 Å². The van der Waals surface area contributed by atoms with Crippen molar-refractivity contribution < 1.29 is 19.0 Å². The molecule has 5 aliphatic rings. The highest BCUT2D eigenvalue weighted by atomic mass is 16.5. The van der Waals surface area contributed by atoms with Gasteiger partial charge in [-0.15, -0.1) is 0 Å². The second kappa shape index (κ2) is 6.23. The van der Waals surface area contributed by atoms with Crippen LogP contribution in [0, 0.1) is 5.92 Å². The maximum Gasteiger partial charge on any atom is 0.177 e. The first-order valence-electron chi connectivity index (χ1n) is 11.8. The van der Waals surface area contributed by atoms with Crippen LogP contribution in [0.1, 0.15) is 63.5 Å². The Hall–Kier alpha value is -1.59. The summed E-state index contributed by atoms with van der Waals surface area (Å²) in [6.07, 6.45) is 7.27. The van der Waals surface area contributed by atoms with E-state index in [1.807, 2.05) is 13.0 Å². The highest BCUT2D eigenvalue weighted by molar-refractivity contribution is 5.94. The Kier molecular flexibility index (Phi) is 3.97. The number of hydrogen-bond acceptors (Lipinski definition) is 5. The topological polar surface area (TPSA) is 48.0 Å². The van der Waals surface area contributed by atoms with E-state index in [9.17, 15) is 4.79 Å². The Morgan fingerprint density at radius 1 is 1.27 bits per heavy atom. The Balaban J connectivity index is 1.59. The van der Waals surface area contributed by atoms with Crippen LogP contribution < -0.4 is 9.47 Å². The van der Waals surface area contributed by atoms with Crippen LogP contribution in [0.2, 0.25) is 0 Å². The summed E-state index contributed by atoms with van der Waals surface area (Å²) in [5.74, 6) is 2.58. The number of rotatable bonds is 5. The number of Topliss-reactive ketones (excluding diaryl/α,β-unsaturated/α-hetero) is 1. The zero-order chi connectivity index (χ0) is 20.7. The van der Waals surface area contributed by atoms with Gasteiger partial charge in [-0.3, -0.25) is 9.69 Å². The van der Waals surface area contributed by atoms with Crippen LogP contribution in [0.5, 0.6) is 11.5 Å². The molecule has 0 amide bonds. The quantitative estimate of drug-likeness (QED) is 0.740. The van der Waals surface area contributed by atoms with Gasteiger partial charge in [0.15, 0.2) is 22.9 Å². The van der Waals surface area contributed by atoms with Crippen molar-refractivity contribution in [3.05, 3.63) is 23.3 Å². The molecule has 3 fully saturated rings. The van der Waals surface area contributed by atoms with Crippen molar-refractivity contribution in [1.29, 1.82) is 0 Å². The van der Waals surface area contributed by atoms with E-state index in [4.69, 9.17) is 14.2 Å². The molecule has 2 aliphatic heterocycles. The lowest BCUT2D eigenvalue weighted by Gasteiger charge is -2.67. The third kappa shape index (κ3) is 2.00. The number of carbonyl (C=O) groups is 1. The van der Waals surface area contributed by atoms with Gasteiger partial charge in [-0.1, -0.05) is 12.5 Å². The number of ketones is 1. The highest BCUT2D eigenvalue weighted by Gasteiger charge is 2.78. The molecule has 1 saturated heterocycles. The summed E-state index contributed by atoms with van der Waals surface area (Å²) >= 11 is 0. The molecule has 1 aromatic rings. The molecular formula is C25H33NO4. The van der Waals surface area contributed by atoms with Gasteiger partial charge >= 0.3 is 0 Å². The number of likely N-dealkylation sites (tertiary alicyclic amines) is 1. The predicted octanol–water partition coefficient (Wildman–Crippen LogP) is 3.65. The van der Waals surface area contributed by atoms with E-state index in [-0.39, 0.29) is 11.4 Å². The number of piperidine rings is 1. The average Bonchev–Trinajstić information content (AvgIpc) is 2.98. The molecule has 162 valence electrons. The number of hydrogen-bond donors (Lipinski definition) is 0. The molecule has 30 heavy (non-hydrogen) atoms. The summed E-state index contributed by atoms with van der Waals surface area (Å²) in [5, 5.41) is 0. The molecule has 0 unspecified atom stereocenters. The van der Waals surface area contributed by atoms with E-state index in [0.717, 1.165) is 43.2 Å². The van der Waals surface area contributed by atoms with Crippen LogP contribution >= 0.6 is 0 Å². The van der Waals surface area contributed by atoms with Crippen molar-refractivity contribution in [2.24, 2.45) is 5.92 Å². The van der Waals surface area contributed by atoms with Gasteiger partial charge in [0, 0.05) is 31.2 Å². The molecule has 3 aliphatic carbocycles. The molecule has 0 aromatic heterocycles. The summed E-state index contributed by atoms with van der Waals surface area (Å²) < 4.78 is 19.2. The van der Waals surface area contributed by atoms with Crippen molar-refractivity contribution in [2.45, 2.75) is 81.5 Å². The lowest BCUT2D eigenvalue weighted by molar-refractivity contribution is -0.230. The molecule has 2 bridgehead atoms. The summed E-state index contributed by atoms with van der Waals surface area (Å²) in [6, 6.07) is 4.54. The van der Waals surface area contributed by atoms with Gasteiger partial charge in [-0.2, -0.15) is 0 Å². The second-order valence-electron chi connectivity index (χ2n) is 10.2. The number of benzene rings is 1. The van der Waals surface area contributed by atoms with Crippen LogP contribution in [0.3, 0.4) is 0 Å². The van der Waals surface area contributed by atoms with Crippen molar-refractivity contribution in [1.82, 2.24) is 4.90 Å². The third-order valence-corrected chi connectivity index (χ3v) is 9.24. The van der Waals surface area contributed by atoms with Gasteiger partial charge in [0.1, 0.15) is 0 Å². The third-order valence-electron chi connectivity index (χ3n) is 9.24. The van der Waals surface area contributed by atoms with Crippen molar-refractivity contribution in [3.8, 4) is 11.5 Å². The van der Waals surface area contributed by atoms with Crippen LogP contribution in [0.25, 0.3) is 0 Å². The molecule has 4 atom stereocenters. The summed E-state index contributed by atoms with van der Waals surface area (Å²) in [5.41, 5.74) is 0.849. The maximum atomic E-state index is 13.5. The zero-order valence-corrected chi connectivity index (χ0v) is 18.5. The standard InChI is InChI=1S/C25H33NO4/c1-4-29-25-11-10-20(27)23(2)24(25)12-13-26(15-16-6-5-7-16)19(25)14-17-8-9-18(28-3)22(30-23)21(17)24/h8-9,16,19H,4-7,10-15H2,1-3H3/t19-,23+,24+,25-/m1/s1. The lowest BCUT2D eigenvalue weighted by Crippen LogP contribution is -2.80. The Labute approximate surface area is 179 Å². The smallest absolute Gasteiger partial charge is 0.177 e. The molecule has 1 aromatic carbocycles. The monoisotopic (exact) mass is 411 g/mol. The fourth-order valence-electron chi connectivity index (χ4n) is 7.76. The van der Waals surface area contributed by atoms with Gasteiger partial charge < -0.3 is 14.2 Å². The lowest BCUT2D eigenvalue weighted by atomic mass is 9.45. The normalized spacial score (nSPS) is 39.3. The Morgan fingerprint density at radius 2 is 2.10 bits per heavy atom. The molecule has 0 radical (unpaired) electrons. The minimum atomic E-state index is -0.882. The molecule has 2 saturated carbocycles. The van der Waals surface area contributed by atoms with Crippen LogP contribution in [0.4, 0.5) is 0 Å². The number of methoxy groups -OCH3 is 1.